The molecule has 92 valence electrons. The van der Waals surface area contributed by atoms with E-state index in [4.69, 9.17) is 5.73 Å². The number of nitrogens with two attached hydrogens (primary N) is 1. The van der Waals surface area contributed by atoms with Gasteiger partial charge in [-0.1, -0.05) is 31.4 Å². The number of benzene rings is 1. The first kappa shape index (κ1) is 12.2. The zero-order chi connectivity index (χ0) is 12.3. The first-order valence-corrected chi connectivity index (χ1v) is 6.17. The summed E-state index contributed by atoms with van der Waals surface area (Å²) in [5.74, 6) is -0.621. The van der Waals surface area contributed by atoms with Crippen LogP contribution in [0.1, 0.15) is 48.9 Å². The Bertz CT molecular complexity index is 410. The molecule has 0 atom stereocenters. The molecule has 1 aromatic rings. The molecule has 0 unspecified atom stereocenters. The Hall–Kier alpha value is -1.22. The van der Waals surface area contributed by atoms with Crippen molar-refractivity contribution in [2.75, 3.05) is 0 Å². The lowest BCUT2D eigenvalue weighted by Gasteiger charge is -2.32. The molecule has 2 N–H and O–H groups in total. The van der Waals surface area contributed by atoms with Crippen LogP contribution in [0, 0.1) is 5.82 Å². The average molecular weight is 235 g/mol. The number of Topliss-reactive ketones (excluding diaryl/α,β-unsaturated/α-hetero) is 1. The quantitative estimate of drug-likeness (QED) is 0.818. The highest BCUT2D eigenvalue weighted by Gasteiger charge is 2.30. The minimum Gasteiger partial charge on any atom is -0.325 e. The predicted molar refractivity (Wildman–Crippen MR) is 65.4 cm³/mol. The number of carbonyl (C=O) groups is 1. The molecule has 2 nitrogen and oxygen atoms in total. The highest BCUT2D eigenvalue weighted by molar-refractivity contribution is 5.97. The summed E-state index contributed by atoms with van der Waals surface area (Å²) < 4.78 is 13.5. The maximum absolute atomic E-state index is 13.5. The van der Waals surface area contributed by atoms with Crippen LogP contribution in [-0.2, 0) is 0 Å². The van der Waals surface area contributed by atoms with Gasteiger partial charge in [0.25, 0.3) is 0 Å². The van der Waals surface area contributed by atoms with Crippen LogP contribution in [0.4, 0.5) is 4.39 Å². The van der Waals surface area contributed by atoms with Crippen molar-refractivity contribution in [3.8, 4) is 0 Å². The van der Waals surface area contributed by atoms with Crippen LogP contribution in [0.5, 0.6) is 0 Å². The maximum atomic E-state index is 13.5. The Balaban J connectivity index is 2.09. The lowest BCUT2D eigenvalue weighted by atomic mass is 9.78. The number of ketones is 1. The first-order chi connectivity index (χ1) is 8.11. The number of carbonyl (C=O) groups excluding carboxylic acids is 1. The summed E-state index contributed by atoms with van der Waals surface area (Å²) in [6, 6.07) is 6.12. The molecular formula is C14H18FNO. The highest BCUT2D eigenvalue weighted by atomic mass is 19.1. The summed E-state index contributed by atoms with van der Waals surface area (Å²) in [4.78, 5) is 12.0. The van der Waals surface area contributed by atoms with Gasteiger partial charge in [-0.15, -0.1) is 0 Å². The van der Waals surface area contributed by atoms with Crippen molar-refractivity contribution in [2.45, 2.75) is 44.1 Å². The number of halogens is 1. The van der Waals surface area contributed by atoms with E-state index in [9.17, 15) is 9.18 Å². The Morgan fingerprint density at radius 1 is 1.24 bits per heavy atom. The maximum Gasteiger partial charge on any atom is 0.167 e. The summed E-state index contributed by atoms with van der Waals surface area (Å²) in [5.41, 5.74) is 5.95. The second-order valence-electron chi connectivity index (χ2n) is 5.00. The van der Waals surface area contributed by atoms with Gasteiger partial charge in [-0.05, 0) is 25.0 Å². The minimum atomic E-state index is -0.447. The molecule has 0 aliphatic heterocycles. The second kappa shape index (κ2) is 4.96. The fourth-order valence-electron chi connectivity index (χ4n) is 2.54. The van der Waals surface area contributed by atoms with Crippen molar-refractivity contribution in [1.82, 2.24) is 0 Å². The van der Waals surface area contributed by atoms with Gasteiger partial charge in [-0.25, -0.2) is 4.39 Å². The van der Waals surface area contributed by atoms with Gasteiger partial charge in [0.2, 0.25) is 0 Å². The van der Waals surface area contributed by atoms with Crippen LogP contribution in [0.3, 0.4) is 0 Å². The molecule has 2 rings (SSSR count). The smallest absolute Gasteiger partial charge is 0.167 e. The number of hydrogen-bond donors (Lipinski definition) is 1. The lowest BCUT2D eigenvalue weighted by Crippen LogP contribution is -2.43. The molecule has 17 heavy (non-hydrogen) atoms. The standard InChI is InChI=1S/C14H18FNO/c15-12-7-3-2-6-11(12)13(17)10-14(16)8-4-1-5-9-14/h2-3,6-7H,1,4-5,8-10,16H2. The molecule has 1 fully saturated rings. The molecule has 0 saturated heterocycles. The molecule has 1 aromatic carbocycles. The summed E-state index contributed by atoms with van der Waals surface area (Å²) in [7, 11) is 0. The van der Waals surface area contributed by atoms with E-state index in [1.54, 1.807) is 12.1 Å². The first-order valence-electron chi connectivity index (χ1n) is 6.17. The van der Waals surface area contributed by atoms with Gasteiger partial charge < -0.3 is 5.73 Å². The largest absolute Gasteiger partial charge is 0.325 e. The zero-order valence-corrected chi connectivity index (χ0v) is 9.92. The van der Waals surface area contributed by atoms with E-state index in [-0.39, 0.29) is 17.8 Å². The summed E-state index contributed by atoms with van der Waals surface area (Å²) in [6.45, 7) is 0. The molecule has 1 saturated carbocycles. The van der Waals surface area contributed by atoms with Gasteiger partial charge in [0, 0.05) is 12.0 Å². The Morgan fingerprint density at radius 3 is 2.53 bits per heavy atom. The molecular weight excluding hydrogens is 217 g/mol. The van der Waals surface area contributed by atoms with Gasteiger partial charge in [-0.2, -0.15) is 0 Å². The molecule has 0 bridgehead atoms. The van der Waals surface area contributed by atoms with E-state index < -0.39 is 11.4 Å². The summed E-state index contributed by atoms with van der Waals surface area (Å²) in [6.07, 6.45) is 5.32. The van der Waals surface area contributed by atoms with Crippen LogP contribution in [-0.4, -0.2) is 11.3 Å². The van der Waals surface area contributed by atoms with Crippen molar-refractivity contribution in [3.05, 3.63) is 35.6 Å². The lowest BCUT2D eigenvalue weighted by molar-refractivity contribution is 0.0930. The third-order valence-corrected chi connectivity index (χ3v) is 3.54. The third kappa shape index (κ3) is 2.91. The molecule has 3 heteroatoms. The SMILES string of the molecule is NC1(CC(=O)c2ccccc2F)CCCCC1. The predicted octanol–water partition coefficient (Wildman–Crippen LogP) is 3.06. The molecule has 0 amide bonds. The Morgan fingerprint density at radius 2 is 1.88 bits per heavy atom. The zero-order valence-electron chi connectivity index (χ0n) is 9.92. The van der Waals surface area contributed by atoms with Crippen molar-refractivity contribution < 1.29 is 9.18 Å². The van der Waals surface area contributed by atoms with Gasteiger partial charge in [-0.3, -0.25) is 4.79 Å². The fraction of sp³-hybridized carbons (Fsp3) is 0.500. The molecule has 1 aliphatic carbocycles. The van der Waals surface area contributed by atoms with E-state index in [1.807, 2.05) is 0 Å². The normalized spacial score (nSPS) is 18.9. The summed E-state index contributed by atoms with van der Waals surface area (Å²) in [5, 5.41) is 0. The second-order valence-corrected chi connectivity index (χ2v) is 5.00. The molecule has 0 spiro atoms. The van der Waals surface area contributed by atoms with E-state index in [0.29, 0.717) is 0 Å². The van der Waals surface area contributed by atoms with Crippen LogP contribution in [0.2, 0.25) is 0 Å². The molecule has 1 aliphatic rings. The molecule has 0 radical (unpaired) electrons. The van der Waals surface area contributed by atoms with Crippen molar-refractivity contribution in [3.63, 3.8) is 0 Å². The van der Waals surface area contributed by atoms with Crippen LogP contribution >= 0.6 is 0 Å². The van der Waals surface area contributed by atoms with Crippen molar-refractivity contribution in [2.24, 2.45) is 5.73 Å². The van der Waals surface area contributed by atoms with E-state index >= 15 is 0 Å². The average Bonchev–Trinajstić information content (AvgIpc) is 2.29. The Kier molecular flexibility index (Phi) is 3.57. The third-order valence-electron chi connectivity index (χ3n) is 3.54. The van der Waals surface area contributed by atoms with Crippen molar-refractivity contribution >= 4 is 5.78 Å². The van der Waals surface area contributed by atoms with E-state index in [1.165, 1.54) is 18.6 Å². The topological polar surface area (TPSA) is 43.1 Å². The van der Waals surface area contributed by atoms with Crippen LogP contribution in [0.25, 0.3) is 0 Å². The van der Waals surface area contributed by atoms with Gasteiger partial charge in [0.15, 0.2) is 5.78 Å². The monoisotopic (exact) mass is 235 g/mol. The van der Waals surface area contributed by atoms with Gasteiger partial charge in [0.05, 0.1) is 5.56 Å². The summed E-state index contributed by atoms with van der Waals surface area (Å²) >= 11 is 0. The van der Waals surface area contributed by atoms with E-state index in [0.717, 1.165) is 25.7 Å². The number of rotatable bonds is 3. The van der Waals surface area contributed by atoms with Gasteiger partial charge >= 0.3 is 0 Å². The van der Waals surface area contributed by atoms with Crippen LogP contribution < -0.4 is 5.73 Å². The van der Waals surface area contributed by atoms with Crippen molar-refractivity contribution in [1.29, 1.82) is 0 Å². The highest BCUT2D eigenvalue weighted by Crippen LogP contribution is 2.30. The molecule has 0 aromatic heterocycles. The van der Waals surface area contributed by atoms with Gasteiger partial charge in [0.1, 0.15) is 5.82 Å². The number of hydrogen-bond acceptors (Lipinski definition) is 2. The van der Waals surface area contributed by atoms with E-state index in [2.05, 4.69) is 0 Å². The molecule has 0 heterocycles. The fourth-order valence-corrected chi connectivity index (χ4v) is 2.54. The Labute approximate surface area is 101 Å². The minimum absolute atomic E-state index is 0.169. The van der Waals surface area contributed by atoms with Crippen LogP contribution in [0.15, 0.2) is 24.3 Å².